The van der Waals surface area contributed by atoms with Crippen LogP contribution in [0.1, 0.15) is 5.56 Å². The van der Waals surface area contributed by atoms with Gasteiger partial charge in [0.2, 0.25) is 0 Å². The standard InChI is InChI=1S/C6H6O2/c1-5-3-2-4-8-6(5)7/h2-4H,1H3. The fourth-order valence-electron chi connectivity index (χ4n) is 0.446. The Balaban J connectivity index is 3.35. The molecule has 0 amide bonds. The van der Waals surface area contributed by atoms with E-state index in [4.69, 9.17) is 0 Å². The Hall–Kier alpha value is -1.05. The zero-order chi connectivity index (χ0) is 5.98. The van der Waals surface area contributed by atoms with Crippen LogP contribution in [-0.2, 0) is 0 Å². The van der Waals surface area contributed by atoms with Crippen LogP contribution in [0.3, 0.4) is 0 Å². The van der Waals surface area contributed by atoms with Gasteiger partial charge in [-0.3, -0.25) is 0 Å². The molecule has 1 rings (SSSR count). The number of aryl methyl sites for hydroxylation is 1. The van der Waals surface area contributed by atoms with E-state index in [-0.39, 0.29) is 5.63 Å². The van der Waals surface area contributed by atoms with E-state index in [1.165, 1.54) is 6.26 Å². The first-order valence-corrected chi connectivity index (χ1v) is 2.35. The Labute approximate surface area is 46.8 Å². The highest BCUT2D eigenvalue weighted by molar-refractivity contribution is 5.02. The number of rotatable bonds is 0. The highest BCUT2D eigenvalue weighted by Crippen LogP contribution is 1.84. The molecule has 0 aromatic carbocycles. The SMILES string of the molecule is Cc1cccoc1=O. The molecule has 0 bridgehead atoms. The molecular weight excluding hydrogens is 104 g/mol. The third-order valence-electron chi connectivity index (χ3n) is 0.922. The quantitative estimate of drug-likeness (QED) is 0.497. The van der Waals surface area contributed by atoms with Crippen LogP contribution >= 0.6 is 0 Å². The van der Waals surface area contributed by atoms with Crippen LogP contribution in [0.2, 0.25) is 0 Å². The van der Waals surface area contributed by atoms with Crippen molar-refractivity contribution in [1.29, 1.82) is 0 Å². The summed E-state index contributed by atoms with van der Waals surface area (Å²) in [6.07, 6.45) is 1.37. The van der Waals surface area contributed by atoms with Crippen molar-refractivity contribution in [1.82, 2.24) is 0 Å². The van der Waals surface area contributed by atoms with Crippen molar-refractivity contribution in [2.45, 2.75) is 6.92 Å². The minimum atomic E-state index is -0.257. The summed E-state index contributed by atoms with van der Waals surface area (Å²) in [6, 6.07) is 3.41. The van der Waals surface area contributed by atoms with Gasteiger partial charge in [-0.1, -0.05) is 0 Å². The van der Waals surface area contributed by atoms with Crippen molar-refractivity contribution in [2.24, 2.45) is 0 Å². The highest BCUT2D eigenvalue weighted by atomic mass is 16.4. The largest absolute Gasteiger partial charge is 0.431 e. The van der Waals surface area contributed by atoms with Crippen LogP contribution in [0.25, 0.3) is 0 Å². The van der Waals surface area contributed by atoms with E-state index >= 15 is 0 Å². The topological polar surface area (TPSA) is 30.2 Å². The highest BCUT2D eigenvalue weighted by Gasteiger charge is 1.86. The van der Waals surface area contributed by atoms with Gasteiger partial charge in [0.25, 0.3) is 0 Å². The molecule has 2 heteroatoms. The van der Waals surface area contributed by atoms with Crippen LogP contribution in [0.4, 0.5) is 0 Å². The average molecular weight is 110 g/mol. The van der Waals surface area contributed by atoms with Crippen molar-refractivity contribution in [3.63, 3.8) is 0 Å². The molecule has 0 unspecified atom stereocenters. The lowest BCUT2D eigenvalue weighted by atomic mass is 10.3. The summed E-state index contributed by atoms with van der Waals surface area (Å²) >= 11 is 0. The molecule has 2 nitrogen and oxygen atoms in total. The summed E-state index contributed by atoms with van der Waals surface area (Å²) < 4.78 is 4.50. The molecule has 0 N–H and O–H groups in total. The molecule has 0 spiro atoms. The normalized spacial score (nSPS) is 9.12. The van der Waals surface area contributed by atoms with Gasteiger partial charge in [-0.25, -0.2) is 4.79 Å². The monoisotopic (exact) mass is 110 g/mol. The molecule has 0 aliphatic rings. The predicted octanol–water partition coefficient (Wildman–Crippen LogP) is 0.948. The van der Waals surface area contributed by atoms with Crippen LogP contribution < -0.4 is 5.63 Å². The first kappa shape index (κ1) is 5.09. The molecule has 0 aliphatic heterocycles. The van der Waals surface area contributed by atoms with Crippen molar-refractivity contribution < 1.29 is 4.42 Å². The van der Waals surface area contributed by atoms with Crippen molar-refractivity contribution in [3.05, 3.63) is 34.4 Å². The lowest BCUT2D eigenvalue weighted by Crippen LogP contribution is -1.99. The second-order valence-electron chi connectivity index (χ2n) is 1.58. The Kier molecular flexibility index (Phi) is 1.16. The molecule has 0 atom stereocenters. The summed E-state index contributed by atoms with van der Waals surface area (Å²) in [5, 5.41) is 0. The first-order valence-electron chi connectivity index (χ1n) is 2.35. The molecular formula is C6H6O2. The Bertz CT molecular complexity index is 224. The van der Waals surface area contributed by atoms with Crippen molar-refractivity contribution >= 4 is 0 Å². The van der Waals surface area contributed by atoms with Gasteiger partial charge in [-0.05, 0) is 19.1 Å². The molecule has 42 valence electrons. The summed E-state index contributed by atoms with van der Waals surface area (Å²) in [5.74, 6) is 0. The van der Waals surface area contributed by atoms with E-state index in [0.29, 0.717) is 5.56 Å². The zero-order valence-electron chi connectivity index (χ0n) is 4.55. The maximum Gasteiger partial charge on any atom is 0.338 e. The molecule has 1 aromatic rings. The summed E-state index contributed by atoms with van der Waals surface area (Å²) in [6.45, 7) is 1.71. The molecule has 0 saturated heterocycles. The fourth-order valence-corrected chi connectivity index (χ4v) is 0.446. The molecule has 0 radical (unpaired) electrons. The molecule has 1 aromatic heterocycles. The van der Waals surface area contributed by atoms with Crippen LogP contribution in [0.5, 0.6) is 0 Å². The van der Waals surface area contributed by atoms with E-state index in [0.717, 1.165) is 0 Å². The van der Waals surface area contributed by atoms with Gasteiger partial charge in [0, 0.05) is 5.56 Å². The van der Waals surface area contributed by atoms with E-state index in [1.807, 2.05) is 0 Å². The predicted molar refractivity (Wildman–Crippen MR) is 29.7 cm³/mol. The zero-order valence-corrected chi connectivity index (χ0v) is 4.55. The lowest BCUT2D eigenvalue weighted by molar-refractivity contribution is 0.505. The Morgan fingerprint density at radius 2 is 2.38 bits per heavy atom. The lowest BCUT2D eigenvalue weighted by Gasteiger charge is -1.82. The molecule has 8 heavy (non-hydrogen) atoms. The van der Waals surface area contributed by atoms with Gasteiger partial charge in [0.05, 0.1) is 6.26 Å². The van der Waals surface area contributed by atoms with E-state index < -0.39 is 0 Å². The van der Waals surface area contributed by atoms with E-state index in [9.17, 15) is 4.79 Å². The van der Waals surface area contributed by atoms with Gasteiger partial charge in [-0.15, -0.1) is 0 Å². The van der Waals surface area contributed by atoms with Gasteiger partial charge < -0.3 is 4.42 Å². The third-order valence-corrected chi connectivity index (χ3v) is 0.922. The van der Waals surface area contributed by atoms with E-state index in [1.54, 1.807) is 19.1 Å². The van der Waals surface area contributed by atoms with Gasteiger partial charge in [-0.2, -0.15) is 0 Å². The first-order chi connectivity index (χ1) is 3.80. The van der Waals surface area contributed by atoms with Crippen LogP contribution in [-0.4, -0.2) is 0 Å². The average Bonchev–Trinajstić information content (AvgIpc) is 1.77. The number of hydrogen-bond acceptors (Lipinski definition) is 2. The van der Waals surface area contributed by atoms with Gasteiger partial charge in [0.1, 0.15) is 0 Å². The smallest absolute Gasteiger partial charge is 0.338 e. The third kappa shape index (κ3) is 0.780. The molecule has 0 fully saturated rings. The van der Waals surface area contributed by atoms with Crippen molar-refractivity contribution in [3.8, 4) is 0 Å². The maximum absolute atomic E-state index is 10.5. The number of hydrogen-bond donors (Lipinski definition) is 0. The summed E-state index contributed by atoms with van der Waals surface area (Å²) in [4.78, 5) is 10.5. The van der Waals surface area contributed by atoms with Gasteiger partial charge >= 0.3 is 5.63 Å². The molecule has 1 heterocycles. The molecule has 0 aliphatic carbocycles. The van der Waals surface area contributed by atoms with Gasteiger partial charge in [0.15, 0.2) is 0 Å². The molecule has 0 saturated carbocycles. The Morgan fingerprint density at radius 1 is 1.62 bits per heavy atom. The maximum atomic E-state index is 10.5. The minimum absolute atomic E-state index is 0.257. The second-order valence-corrected chi connectivity index (χ2v) is 1.58. The fraction of sp³-hybridized carbons (Fsp3) is 0.167. The van der Waals surface area contributed by atoms with Crippen LogP contribution in [0, 0.1) is 6.92 Å². The van der Waals surface area contributed by atoms with E-state index in [2.05, 4.69) is 4.42 Å². The Morgan fingerprint density at radius 3 is 2.75 bits per heavy atom. The second kappa shape index (κ2) is 1.82. The van der Waals surface area contributed by atoms with Crippen LogP contribution in [0.15, 0.2) is 27.6 Å². The summed E-state index contributed by atoms with van der Waals surface area (Å²) in [7, 11) is 0. The minimum Gasteiger partial charge on any atom is -0.431 e. The summed E-state index contributed by atoms with van der Waals surface area (Å²) in [5.41, 5.74) is 0.389. The van der Waals surface area contributed by atoms with Crippen molar-refractivity contribution in [2.75, 3.05) is 0 Å².